The fraction of sp³-hybridized carbons (Fsp3) is 0.647. The molecule has 0 radical (unpaired) electrons. The number of fused-ring (bicyclic) bond motifs is 2. The van der Waals surface area contributed by atoms with E-state index in [-0.39, 0.29) is 0 Å². The Morgan fingerprint density at radius 1 is 1.26 bits per heavy atom. The minimum atomic E-state index is 0.763. The van der Waals surface area contributed by atoms with E-state index in [2.05, 4.69) is 36.5 Å². The molecular formula is C17H25NO. The number of hydrogen-bond donors (Lipinski definition) is 1. The van der Waals surface area contributed by atoms with Crippen LogP contribution in [-0.4, -0.2) is 12.6 Å². The van der Waals surface area contributed by atoms with Crippen LogP contribution < -0.4 is 10.1 Å². The van der Waals surface area contributed by atoms with Gasteiger partial charge in [-0.15, -0.1) is 0 Å². The van der Waals surface area contributed by atoms with Crippen molar-refractivity contribution in [3.05, 3.63) is 29.8 Å². The molecule has 2 aliphatic carbocycles. The van der Waals surface area contributed by atoms with Gasteiger partial charge in [0.05, 0.1) is 6.61 Å². The van der Waals surface area contributed by atoms with Crippen LogP contribution in [-0.2, 0) is 6.54 Å². The number of hydrogen-bond acceptors (Lipinski definition) is 2. The lowest BCUT2D eigenvalue weighted by molar-refractivity contribution is 0.316. The van der Waals surface area contributed by atoms with Gasteiger partial charge in [-0.25, -0.2) is 0 Å². The van der Waals surface area contributed by atoms with E-state index >= 15 is 0 Å². The minimum Gasteiger partial charge on any atom is -0.494 e. The lowest BCUT2D eigenvalue weighted by Crippen LogP contribution is -2.33. The van der Waals surface area contributed by atoms with Crippen molar-refractivity contribution < 1.29 is 4.74 Å². The Kier molecular flexibility index (Phi) is 4.07. The molecule has 2 aliphatic rings. The molecule has 2 fully saturated rings. The first-order chi connectivity index (χ1) is 9.35. The zero-order valence-corrected chi connectivity index (χ0v) is 11.9. The molecule has 2 saturated carbocycles. The third-order valence-electron chi connectivity index (χ3n) is 4.68. The minimum absolute atomic E-state index is 0.763. The maximum absolute atomic E-state index is 5.69. The molecule has 2 nitrogen and oxygen atoms in total. The van der Waals surface area contributed by atoms with Gasteiger partial charge in [0.25, 0.3) is 0 Å². The van der Waals surface area contributed by atoms with E-state index in [9.17, 15) is 0 Å². The Bertz CT molecular complexity index is 417. The second kappa shape index (κ2) is 5.96. The molecule has 0 spiro atoms. The van der Waals surface area contributed by atoms with Crippen LogP contribution in [0.15, 0.2) is 24.3 Å². The van der Waals surface area contributed by atoms with Crippen LogP contribution in [0.4, 0.5) is 0 Å². The topological polar surface area (TPSA) is 21.3 Å². The normalized spacial score (nSPS) is 28.8. The smallest absolute Gasteiger partial charge is 0.119 e. The Labute approximate surface area is 116 Å². The van der Waals surface area contributed by atoms with Crippen LogP contribution in [0.2, 0.25) is 0 Å². The SMILES string of the molecule is CCCOc1cccc(CNC2CC3CCC2C3)c1. The van der Waals surface area contributed by atoms with E-state index in [0.29, 0.717) is 0 Å². The summed E-state index contributed by atoms with van der Waals surface area (Å²) in [6.07, 6.45) is 6.85. The second-order valence-electron chi connectivity index (χ2n) is 6.16. The van der Waals surface area contributed by atoms with E-state index in [1.807, 2.05) is 0 Å². The quantitative estimate of drug-likeness (QED) is 0.840. The Morgan fingerprint density at radius 3 is 2.95 bits per heavy atom. The van der Waals surface area contributed by atoms with E-state index in [1.165, 1.54) is 31.2 Å². The predicted molar refractivity (Wildman–Crippen MR) is 78.3 cm³/mol. The molecule has 0 saturated heterocycles. The summed E-state index contributed by atoms with van der Waals surface area (Å²) in [7, 11) is 0. The average Bonchev–Trinajstić information content (AvgIpc) is 3.06. The highest BCUT2D eigenvalue weighted by Gasteiger charge is 2.38. The molecule has 0 amide bonds. The van der Waals surface area contributed by atoms with Crippen LogP contribution in [0, 0.1) is 11.8 Å². The fourth-order valence-electron chi connectivity index (χ4n) is 3.71. The molecule has 1 aromatic carbocycles. The predicted octanol–water partition coefficient (Wildman–Crippen LogP) is 3.75. The zero-order chi connectivity index (χ0) is 13.1. The van der Waals surface area contributed by atoms with Crippen LogP contribution in [0.25, 0.3) is 0 Å². The highest BCUT2D eigenvalue weighted by Crippen LogP contribution is 2.44. The molecule has 0 aromatic heterocycles. The molecule has 0 aliphatic heterocycles. The van der Waals surface area contributed by atoms with Crippen molar-refractivity contribution >= 4 is 0 Å². The summed E-state index contributed by atoms with van der Waals surface area (Å²) in [5.74, 6) is 2.97. The van der Waals surface area contributed by atoms with Crippen molar-refractivity contribution in [1.82, 2.24) is 5.32 Å². The lowest BCUT2D eigenvalue weighted by Gasteiger charge is -2.23. The van der Waals surface area contributed by atoms with Gasteiger partial charge in [-0.2, -0.15) is 0 Å². The molecule has 19 heavy (non-hydrogen) atoms. The van der Waals surface area contributed by atoms with Gasteiger partial charge in [0, 0.05) is 12.6 Å². The third kappa shape index (κ3) is 3.11. The summed E-state index contributed by atoms with van der Waals surface area (Å²) in [6.45, 7) is 3.93. The Hall–Kier alpha value is -1.02. The van der Waals surface area contributed by atoms with Crippen molar-refractivity contribution in [2.75, 3.05) is 6.61 Å². The molecule has 0 heterocycles. The van der Waals surface area contributed by atoms with Gasteiger partial charge >= 0.3 is 0 Å². The number of nitrogens with one attached hydrogen (secondary N) is 1. The van der Waals surface area contributed by atoms with Crippen LogP contribution >= 0.6 is 0 Å². The third-order valence-corrected chi connectivity index (χ3v) is 4.68. The van der Waals surface area contributed by atoms with Gasteiger partial charge in [0.1, 0.15) is 5.75 Å². The van der Waals surface area contributed by atoms with Crippen molar-refractivity contribution in [3.63, 3.8) is 0 Å². The van der Waals surface area contributed by atoms with Crippen LogP contribution in [0.5, 0.6) is 5.75 Å². The second-order valence-corrected chi connectivity index (χ2v) is 6.16. The van der Waals surface area contributed by atoms with Crippen molar-refractivity contribution in [1.29, 1.82) is 0 Å². The van der Waals surface area contributed by atoms with E-state index in [1.54, 1.807) is 0 Å². The zero-order valence-electron chi connectivity index (χ0n) is 11.9. The summed E-state index contributed by atoms with van der Waals surface area (Å²) >= 11 is 0. The highest BCUT2D eigenvalue weighted by atomic mass is 16.5. The van der Waals surface area contributed by atoms with Crippen molar-refractivity contribution in [2.24, 2.45) is 11.8 Å². The fourth-order valence-corrected chi connectivity index (χ4v) is 3.71. The Balaban J connectivity index is 1.52. The summed E-state index contributed by atoms with van der Waals surface area (Å²) in [4.78, 5) is 0. The first-order valence-electron chi connectivity index (χ1n) is 7.80. The van der Waals surface area contributed by atoms with E-state index in [0.717, 1.165) is 43.2 Å². The van der Waals surface area contributed by atoms with Gasteiger partial charge in [-0.05, 0) is 55.2 Å². The van der Waals surface area contributed by atoms with Crippen molar-refractivity contribution in [2.45, 2.75) is 51.6 Å². The standard InChI is InChI=1S/C17H25NO/c1-2-8-19-16-5-3-4-14(10-16)12-18-17-11-13-6-7-15(17)9-13/h3-5,10,13,15,17-18H,2,6-9,11-12H2,1H3. The first kappa shape index (κ1) is 13.0. The van der Waals surface area contributed by atoms with Crippen molar-refractivity contribution in [3.8, 4) is 5.75 Å². The molecule has 2 heteroatoms. The summed E-state index contributed by atoms with van der Waals surface area (Å²) in [6, 6.07) is 9.29. The van der Waals surface area contributed by atoms with Gasteiger partial charge < -0.3 is 10.1 Å². The maximum Gasteiger partial charge on any atom is 0.119 e. The Morgan fingerprint density at radius 2 is 2.21 bits per heavy atom. The first-order valence-corrected chi connectivity index (χ1v) is 7.80. The number of rotatable bonds is 6. The number of ether oxygens (including phenoxy) is 1. The lowest BCUT2D eigenvalue weighted by atomic mass is 9.95. The van der Waals surface area contributed by atoms with Crippen LogP contribution in [0.1, 0.15) is 44.6 Å². The molecule has 1 N–H and O–H groups in total. The molecule has 3 atom stereocenters. The summed E-state index contributed by atoms with van der Waals surface area (Å²) in [5.41, 5.74) is 1.34. The molecule has 3 rings (SSSR count). The molecule has 104 valence electrons. The largest absolute Gasteiger partial charge is 0.494 e. The van der Waals surface area contributed by atoms with E-state index in [4.69, 9.17) is 4.74 Å². The number of benzene rings is 1. The van der Waals surface area contributed by atoms with Gasteiger partial charge in [-0.3, -0.25) is 0 Å². The molecular weight excluding hydrogens is 234 g/mol. The summed E-state index contributed by atoms with van der Waals surface area (Å²) < 4.78 is 5.69. The maximum atomic E-state index is 5.69. The monoisotopic (exact) mass is 259 g/mol. The van der Waals surface area contributed by atoms with Gasteiger partial charge in [0.2, 0.25) is 0 Å². The van der Waals surface area contributed by atoms with E-state index < -0.39 is 0 Å². The molecule has 3 unspecified atom stereocenters. The average molecular weight is 259 g/mol. The highest BCUT2D eigenvalue weighted by molar-refractivity contribution is 5.28. The van der Waals surface area contributed by atoms with Crippen LogP contribution in [0.3, 0.4) is 0 Å². The summed E-state index contributed by atoms with van der Waals surface area (Å²) in [5, 5.41) is 3.76. The molecule has 2 bridgehead atoms. The molecule has 1 aromatic rings. The van der Waals surface area contributed by atoms with Gasteiger partial charge in [0.15, 0.2) is 0 Å². The van der Waals surface area contributed by atoms with Gasteiger partial charge in [-0.1, -0.05) is 25.5 Å².